The van der Waals surface area contributed by atoms with Crippen molar-refractivity contribution in [3.05, 3.63) is 46.3 Å². The first-order valence-corrected chi connectivity index (χ1v) is 13.8. The maximum absolute atomic E-state index is 13.2. The van der Waals surface area contributed by atoms with E-state index in [-0.39, 0.29) is 6.10 Å². The summed E-state index contributed by atoms with van der Waals surface area (Å²) in [5.74, 6) is 0.0182. The quantitative estimate of drug-likeness (QED) is 0.446. The number of hydrogen-bond donors (Lipinski definition) is 1. The van der Waals surface area contributed by atoms with E-state index in [1.807, 2.05) is 0 Å². The zero-order valence-electron chi connectivity index (χ0n) is 19.4. The molecule has 2 heterocycles. The number of rotatable bonds is 12. The summed E-state index contributed by atoms with van der Waals surface area (Å²) in [6, 6.07) is 8.57. The summed E-state index contributed by atoms with van der Waals surface area (Å²) in [7, 11) is -2.02. The van der Waals surface area contributed by atoms with E-state index in [1.165, 1.54) is 37.7 Å². The Hall–Kier alpha value is -1.94. The molecule has 182 valence electrons. The summed E-state index contributed by atoms with van der Waals surface area (Å²) in [4.78, 5) is 12.7. The van der Waals surface area contributed by atoms with Crippen molar-refractivity contribution in [3.8, 4) is 5.75 Å². The van der Waals surface area contributed by atoms with E-state index in [2.05, 4.69) is 6.92 Å². The average molecular weight is 495 g/mol. The number of piperidine rings is 1. The number of ether oxygens (including phenoxy) is 2. The van der Waals surface area contributed by atoms with Crippen LogP contribution >= 0.6 is 11.3 Å². The molecular weight excluding hydrogens is 460 g/mol. The van der Waals surface area contributed by atoms with Crippen LogP contribution in [0.4, 0.5) is 0 Å². The summed E-state index contributed by atoms with van der Waals surface area (Å²) in [6.07, 6.45) is 6.61. The van der Waals surface area contributed by atoms with Crippen molar-refractivity contribution < 1.29 is 22.7 Å². The van der Waals surface area contributed by atoms with Crippen LogP contribution in [0.5, 0.6) is 5.75 Å². The van der Waals surface area contributed by atoms with Crippen molar-refractivity contribution in [1.82, 2.24) is 4.31 Å². The van der Waals surface area contributed by atoms with E-state index >= 15 is 0 Å². The zero-order chi connectivity index (χ0) is 23.8. The van der Waals surface area contributed by atoms with Crippen LogP contribution in [0.1, 0.15) is 66.2 Å². The minimum absolute atomic E-state index is 0.134. The van der Waals surface area contributed by atoms with E-state index in [1.54, 1.807) is 34.6 Å². The first-order chi connectivity index (χ1) is 15.9. The first-order valence-electron chi connectivity index (χ1n) is 11.5. The zero-order valence-corrected chi connectivity index (χ0v) is 21.1. The number of carbonyl (C=O) groups is 1. The molecule has 1 aromatic carbocycles. The number of methoxy groups -OCH3 is 1. The SMILES string of the molecule is CCCCCCOC1CCN(S(=O)(=O)c2ccc(Cc3c(OC)cccc3C(N)=O)s2)CC1. The first kappa shape index (κ1) is 25.7. The van der Waals surface area contributed by atoms with Crippen LogP contribution in [0.3, 0.4) is 0 Å². The van der Waals surface area contributed by atoms with Gasteiger partial charge in [-0.2, -0.15) is 4.31 Å². The third-order valence-electron chi connectivity index (χ3n) is 5.95. The Morgan fingerprint density at radius 1 is 1.15 bits per heavy atom. The number of thiophene rings is 1. The second-order valence-corrected chi connectivity index (χ2v) is 11.6. The summed E-state index contributed by atoms with van der Waals surface area (Å²) >= 11 is 1.22. The highest BCUT2D eigenvalue weighted by Gasteiger charge is 2.31. The van der Waals surface area contributed by atoms with Crippen LogP contribution in [-0.2, 0) is 21.2 Å². The van der Waals surface area contributed by atoms with Gasteiger partial charge in [-0.05, 0) is 43.5 Å². The third kappa shape index (κ3) is 6.56. The molecule has 0 spiro atoms. The lowest BCUT2D eigenvalue weighted by Crippen LogP contribution is -2.40. The van der Waals surface area contributed by atoms with Gasteiger partial charge in [-0.15, -0.1) is 11.3 Å². The number of sulfonamides is 1. The molecule has 1 aliphatic rings. The predicted octanol–water partition coefficient (Wildman–Crippen LogP) is 4.20. The number of hydrogen-bond acceptors (Lipinski definition) is 6. The van der Waals surface area contributed by atoms with Crippen molar-refractivity contribution in [3.63, 3.8) is 0 Å². The fraction of sp³-hybridized carbons (Fsp3) is 0.542. The molecular formula is C24H34N2O5S2. The van der Waals surface area contributed by atoms with Crippen molar-refractivity contribution in [2.24, 2.45) is 5.73 Å². The molecule has 0 saturated carbocycles. The van der Waals surface area contributed by atoms with Gasteiger partial charge in [0.05, 0.1) is 13.2 Å². The molecule has 1 aromatic heterocycles. The number of amides is 1. The standard InChI is InChI=1S/C24H34N2O5S2/c1-3-4-5-6-16-31-18-12-14-26(15-13-18)33(28,29)23-11-10-19(32-23)17-21-20(24(25)27)8-7-9-22(21)30-2/h7-11,18H,3-6,12-17H2,1-2H3,(H2,25,27). The van der Waals surface area contributed by atoms with Crippen molar-refractivity contribution in [1.29, 1.82) is 0 Å². The smallest absolute Gasteiger partial charge is 0.252 e. The van der Waals surface area contributed by atoms with E-state index in [9.17, 15) is 13.2 Å². The average Bonchev–Trinajstić information content (AvgIpc) is 3.29. The van der Waals surface area contributed by atoms with Gasteiger partial charge in [-0.25, -0.2) is 8.42 Å². The Balaban J connectivity index is 1.62. The Bertz CT molecular complexity index is 1030. The topological polar surface area (TPSA) is 98.9 Å². The van der Waals surface area contributed by atoms with E-state index < -0.39 is 15.9 Å². The molecule has 3 rings (SSSR count). The second kappa shape index (κ2) is 12.0. The lowest BCUT2D eigenvalue weighted by Gasteiger charge is -2.30. The molecule has 0 bridgehead atoms. The van der Waals surface area contributed by atoms with Crippen molar-refractivity contribution in [2.45, 2.75) is 62.2 Å². The summed E-state index contributed by atoms with van der Waals surface area (Å²) < 4.78 is 39.6. The number of primary amides is 1. The number of carbonyl (C=O) groups excluding carboxylic acids is 1. The van der Waals surface area contributed by atoms with Gasteiger partial charge < -0.3 is 15.2 Å². The fourth-order valence-electron chi connectivity index (χ4n) is 4.08. The molecule has 1 fully saturated rings. The predicted molar refractivity (Wildman–Crippen MR) is 131 cm³/mol. The van der Waals surface area contributed by atoms with E-state index in [0.29, 0.717) is 53.4 Å². The van der Waals surface area contributed by atoms with Gasteiger partial charge in [-0.1, -0.05) is 32.3 Å². The van der Waals surface area contributed by atoms with Gasteiger partial charge >= 0.3 is 0 Å². The second-order valence-electron chi connectivity index (χ2n) is 8.28. The van der Waals surface area contributed by atoms with Gasteiger partial charge in [-0.3, -0.25) is 4.79 Å². The normalized spacial score (nSPS) is 15.6. The monoisotopic (exact) mass is 494 g/mol. The van der Waals surface area contributed by atoms with Crippen LogP contribution in [-0.4, -0.2) is 51.5 Å². The van der Waals surface area contributed by atoms with Gasteiger partial charge in [0.2, 0.25) is 5.91 Å². The molecule has 0 aliphatic carbocycles. The minimum atomic E-state index is -3.56. The number of nitrogens with two attached hydrogens (primary N) is 1. The lowest BCUT2D eigenvalue weighted by atomic mass is 10.0. The van der Waals surface area contributed by atoms with Crippen LogP contribution in [0.2, 0.25) is 0 Å². The van der Waals surface area contributed by atoms with Crippen LogP contribution in [0.25, 0.3) is 0 Å². The van der Waals surface area contributed by atoms with Crippen LogP contribution in [0.15, 0.2) is 34.5 Å². The Morgan fingerprint density at radius 2 is 1.91 bits per heavy atom. The molecule has 0 atom stereocenters. The van der Waals surface area contributed by atoms with E-state index in [4.69, 9.17) is 15.2 Å². The highest BCUT2D eigenvalue weighted by atomic mass is 32.2. The highest BCUT2D eigenvalue weighted by Crippen LogP contribution is 2.32. The molecule has 33 heavy (non-hydrogen) atoms. The van der Waals surface area contributed by atoms with Crippen LogP contribution in [0, 0.1) is 0 Å². The number of unbranched alkanes of at least 4 members (excludes halogenated alkanes) is 3. The Kier molecular flexibility index (Phi) is 9.31. The molecule has 1 aliphatic heterocycles. The van der Waals surface area contributed by atoms with Gasteiger partial charge in [0.1, 0.15) is 9.96 Å². The van der Waals surface area contributed by atoms with Gasteiger partial charge in [0.25, 0.3) is 10.0 Å². The number of nitrogens with zero attached hydrogens (tertiary/aromatic N) is 1. The molecule has 7 nitrogen and oxygen atoms in total. The molecule has 0 radical (unpaired) electrons. The van der Waals surface area contributed by atoms with Gasteiger partial charge in [0.15, 0.2) is 0 Å². The Morgan fingerprint density at radius 3 is 2.58 bits per heavy atom. The van der Waals surface area contributed by atoms with E-state index in [0.717, 1.165) is 17.9 Å². The number of benzene rings is 1. The molecule has 0 unspecified atom stereocenters. The summed E-state index contributed by atoms with van der Waals surface area (Å²) in [6.45, 7) is 3.87. The van der Waals surface area contributed by atoms with Crippen LogP contribution < -0.4 is 10.5 Å². The summed E-state index contributed by atoms with van der Waals surface area (Å²) in [5, 5.41) is 0. The van der Waals surface area contributed by atoms with Crippen molar-refractivity contribution in [2.75, 3.05) is 26.8 Å². The fourth-order valence-corrected chi connectivity index (χ4v) is 7.07. The summed E-state index contributed by atoms with van der Waals surface area (Å²) in [5.41, 5.74) is 6.56. The van der Waals surface area contributed by atoms with Gasteiger partial charge in [0, 0.05) is 42.1 Å². The third-order valence-corrected chi connectivity index (χ3v) is 9.40. The lowest BCUT2D eigenvalue weighted by molar-refractivity contribution is 0.0193. The molecule has 2 N–H and O–H groups in total. The molecule has 9 heteroatoms. The molecule has 2 aromatic rings. The highest BCUT2D eigenvalue weighted by molar-refractivity contribution is 7.91. The maximum Gasteiger partial charge on any atom is 0.252 e. The molecule has 1 saturated heterocycles. The van der Waals surface area contributed by atoms with Crippen molar-refractivity contribution >= 4 is 27.3 Å². The maximum atomic E-state index is 13.2. The Labute approximate surface area is 200 Å². The minimum Gasteiger partial charge on any atom is -0.496 e. The molecule has 1 amide bonds. The largest absolute Gasteiger partial charge is 0.496 e.